The number of methoxy groups -OCH3 is 1. The lowest BCUT2D eigenvalue weighted by molar-refractivity contribution is -0.114. The molecule has 1 fully saturated rings. The second kappa shape index (κ2) is 6.05. The quantitative estimate of drug-likeness (QED) is 0.836. The molecule has 0 aliphatic heterocycles. The summed E-state index contributed by atoms with van der Waals surface area (Å²) in [5.74, 6) is 0. The number of rotatable bonds is 3. The monoisotopic (exact) mass is 268 g/mol. The van der Waals surface area contributed by atoms with Crippen LogP contribution in [0.5, 0.6) is 0 Å². The fraction of sp³-hybridized carbons (Fsp3) is 0.600. The van der Waals surface area contributed by atoms with Gasteiger partial charge in [0.05, 0.1) is 5.60 Å². The van der Waals surface area contributed by atoms with Crippen molar-refractivity contribution in [2.24, 2.45) is 0 Å². The highest BCUT2D eigenvalue weighted by molar-refractivity contribution is 6.31. The fourth-order valence-electron chi connectivity index (χ4n) is 2.90. The number of hydrogen-bond acceptors (Lipinski definition) is 2. The van der Waals surface area contributed by atoms with Gasteiger partial charge in [-0.05, 0) is 18.9 Å². The first-order valence-corrected chi connectivity index (χ1v) is 7.05. The number of hydrogen-bond donors (Lipinski definition) is 1. The van der Waals surface area contributed by atoms with Gasteiger partial charge in [0.15, 0.2) is 0 Å². The van der Waals surface area contributed by atoms with Gasteiger partial charge in [-0.3, -0.25) is 0 Å². The van der Waals surface area contributed by atoms with Crippen molar-refractivity contribution in [2.45, 2.75) is 50.2 Å². The molecular formula is C15H21ClO2. The minimum Gasteiger partial charge on any atom is -0.385 e. The lowest BCUT2D eigenvalue weighted by atomic mass is 9.84. The van der Waals surface area contributed by atoms with E-state index >= 15 is 0 Å². The van der Waals surface area contributed by atoms with Crippen molar-refractivity contribution in [1.29, 1.82) is 0 Å². The van der Waals surface area contributed by atoms with Crippen LogP contribution in [0.3, 0.4) is 0 Å². The van der Waals surface area contributed by atoms with E-state index in [1.54, 1.807) is 7.11 Å². The molecule has 1 unspecified atom stereocenters. The van der Waals surface area contributed by atoms with E-state index in [4.69, 9.17) is 16.3 Å². The molecule has 0 amide bonds. The van der Waals surface area contributed by atoms with Crippen molar-refractivity contribution < 1.29 is 9.84 Å². The Morgan fingerprint density at radius 1 is 1.17 bits per heavy atom. The predicted octanol–water partition coefficient (Wildman–Crippen LogP) is 4.11. The van der Waals surface area contributed by atoms with Gasteiger partial charge in [0.1, 0.15) is 6.10 Å². The van der Waals surface area contributed by atoms with Crippen molar-refractivity contribution in [3.63, 3.8) is 0 Å². The van der Waals surface area contributed by atoms with E-state index in [9.17, 15) is 5.11 Å². The Kier molecular flexibility index (Phi) is 4.66. The summed E-state index contributed by atoms with van der Waals surface area (Å²) in [6.07, 6.45) is 5.81. The van der Waals surface area contributed by atoms with Gasteiger partial charge in [0, 0.05) is 17.7 Å². The Balaban J connectivity index is 2.28. The number of ether oxygens (including phenoxy) is 1. The van der Waals surface area contributed by atoms with Gasteiger partial charge in [0.25, 0.3) is 0 Å². The van der Waals surface area contributed by atoms with Crippen molar-refractivity contribution in [3.05, 3.63) is 34.9 Å². The lowest BCUT2D eigenvalue weighted by Gasteiger charge is -2.36. The van der Waals surface area contributed by atoms with Crippen molar-refractivity contribution in [1.82, 2.24) is 0 Å². The molecule has 2 rings (SSSR count). The summed E-state index contributed by atoms with van der Waals surface area (Å²) in [7, 11) is 1.70. The summed E-state index contributed by atoms with van der Waals surface area (Å²) in [5, 5.41) is 11.3. The van der Waals surface area contributed by atoms with Gasteiger partial charge < -0.3 is 9.84 Å². The van der Waals surface area contributed by atoms with Crippen LogP contribution in [0.2, 0.25) is 5.02 Å². The van der Waals surface area contributed by atoms with Crippen LogP contribution in [-0.4, -0.2) is 17.8 Å². The molecule has 1 aliphatic carbocycles. The third-order valence-electron chi connectivity index (χ3n) is 4.05. The van der Waals surface area contributed by atoms with Crippen molar-refractivity contribution in [3.8, 4) is 0 Å². The fourth-order valence-corrected chi connectivity index (χ4v) is 3.14. The summed E-state index contributed by atoms with van der Waals surface area (Å²) in [6, 6.07) is 7.49. The van der Waals surface area contributed by atoms with Crippen LogP contribution in [0.4, 0.5) is 0 Å². The highest BCUT2D eigenvalue weighted by Gasteiger charge is 2.39. The third kappa shape index (κ3) is 2.71. The Labute approximate surface area is 114 Å². The molecule has 1 aromatic rings. The Morgan fingerprint density at radius 3 is 2.33 bits per heavy atom. The van der Waals surface area contributed by atoms with Gasteiger partial charge in [0.2, 0.25) is 0 Å². The minimum absolute atomic E-state index is 0.471. The van der Waals surface area contributed by atoms with Crippen molar-refractivity contribution >= 4 is 11.6 Å². The Morgan fingerprint density at radius 2 is 1.78 bits per heavy atom. The number of aliphatic hydroxyl groups is 1. The second-order valence-electron chi connectivity index (χ2n) is 5.11. The van der Waals surface area contributed by atoms with E-state index in [0.717, 1.165) is 31.2 Å². The van der Waals surface area contributed by atoms with Crippen LogP contribution in [0.15, 0.2) is 24.3 Å². The smallest absolute Gasteiger partial charge is 0.109 e. The highest BCUT2D eigenvalue weighted by Crippen LogP contribution is 2.41. The van der Waals surface area contributed by atoms with Crippen LogP contribution in [0, 0.1) is 0 Å². The van der Waals surface area contributed by atoms with Crippen molar-refractivity contribution in [2.75, 3.05) is 7.11 Å². The summed E-state index contributed by atoms with van der Waals surface area (Å²) in [6.45, 7) is 0. The number of halogens is 1. The van der Waals surface area contributed by atoms with Crippen LogP contribution in [0.1, 0.15) is 50.2 Å². The molecule has 18 heavy (non-hydrogen) atoms. The van der Waals surface area contributed by atoms with Gasteiger partial charge in [-0.25, -0.2) is 0 Å². The standard InChI is InChI=1S/C15H21ClO2/c1-18-15(10-6-2-3-7-11-15)14(17)12-8-4-5-9-13(12)16/h4-5,8-9,14,17H,2-3,6-7,10-11H2,1H3. The zero-order valence-electron chi connectivity index (χ0n) is 10.9. The SMILES string of the molecule is COC1(C(O)c2ccccc2Cl)CCCCCC1. The van der Waals surface area contributed by atoms with Gasteiger partial charge in [-0.2, -0.15) is 0 Å². The van der Waals surface area contributed by atoms with Gasteiger partial charge >= 0.3 is 0 Å². The Bertz CT molecular complexity index is 384. The van der Waals surface area contributed by atoms with Crippen LogP contribution >= 0.6 is 11.6 Å². The molecule has 1 aliphatic rings. The zero-order chi connectivity index (χ0) is 13.0. The molecule has 0 bridgehead atoms. The summed E-state index contributed by atoms with van der Waals surface area (Å²) in [4.78, 5) is 0. The molecule has 0 heterocycles. The average Bonchev–Trinajstić information content (AvgIpc) is 2.65. The largest absolute Gasteiger partial charge is 0.385 e. The molecule has 100 valence electrons. The maximum absolute atomic E-state index is 10.7. The molecule has 2 nitrogen and oxygen atoms in total. The van der Waals surface area contributed by atoms with Crippen LogP contribution in [0.25, 0.3) is 0 Å². The molecule has 3 heteroatoms. The highest BCUT2D eigenvalue weighted by atomic mass is 35.5. The maximum atomic E-state index is 10.7. The van der Waals surface area contributed by atoms with E-state index in [1.807, 2.05) is 24.3 Å². The first-order chi connectivity index (χ1) is 8.69. The van der Waals surface area contributed by atoms with Gasteiger partial charge in [-0.1, -0.05) is 55.5 Å². The predicted molar refractivity (Wildman–Crippen MR) is 73.9 cm³/mol. The molecule has 0 aromatic heterocycles. The van der Waals surface area contributed by atoms with Gasteiger partial charge in [-0.15, -0.1) is 0 Å². The molecule has 1 atom stereocenters. The number of benzene rings is 1. The first-order valence-electron chi connectivity index (χ1n) is 6.67. The van der Waals surface area contributed by atoms with Crippen LogP contribution in [-0.2, 0) is 4.74 Å². The molecule has 1 aromatic carbocycles. The summed E-state index contributed by atoms with van der Waals surface area (Å²) < 4.78 is 5.72. The molecule has 1 N–H and O–H groups in total. The summed E-state index contributed by atoms with van der Waals surface area (Å²) >= 11 is 6.18. The third-order valence-corrected chi connectivity index (χ3v) is 4.40. The van der Waals surface area contributed by atoms with E-state index in [0.29, 0.717) is 5.02 Å². The number of aliphatic hydroxyl groups excluding tert-OH is 1. The average molecular weight is 269 g/mol. The topological polar surface area (TPSA) is 29.5 Å². The normalized spacial score (nSPS) is 21.3. The zero-order valence-corrected chi connectivity index (χ0v) is 11.6. The molecule has 0 radical (unpaired) electrons. The van der Waals surface area contributed by atoms with E-state index in [-0.39, 0.29) is 0 Å². The molecular weight excluding hydrogens is 248 g/mol. The first kappa shape index (κ1) is 13.9. The van der Waals surface area contributed by atoms with E-state index < -0.39 is 11.7 Å². The summed E-state index contributed by atoms with van der Waals surface area (Å²) in [5.41, 5.74) is 0.310. The van der Waals surface area contributed by atoms with E-state index in [2.05, 4.69) is 0 Å². The Hall–Kier alpha value is -0.570. The maximum Gasteiger partial charge on any atom is 0.109 e. The van der Waals surface area contributed by atoms with Crippen LogP contribution < -0.4 is 0 Å². The molecule has 0 saturated heterocycles. The molecule has 0 spiro atoms. The lowest BCUT2D eigenvalue weighted by Crippen LogP contribution is -2.38. The van der Waals surface area contributed by atoms with E-state index in [1.165, 1.54) is 12.8 Å². The minimum atomic E-state index is -0.644. The molecule has 1 saturated carbocycles. The second-order valence-corrected chi connectivity index (χ2v) is 5.51.